The Morgan fingerprint density at radius 2 is 2.03 bits per heavy atom. The second-order valence-corrected chi connectivity index (χ2v) is 7.12. The van der Waals surface area contributed by atoms with Crippen molar-refractivity contribution in [2.45, 2.75) is 26.8 Å². The molecule has 1 aliphatic rings. The van der Waals surface area contributed by atoms with Crippen LogP contribution in [0.5, 0.6) is 0 Å². The third-order valence-corrected chi connectivity index (χ3v) is 4.98. The summed E-state index contributed by atoms with van der Waals surface area (Å²) < 4.78 is 11.9. The molecule has 0 fully saturated rings. The number of hydrogen-bond donors (Lipinski definition) is 0. The lowest BCUT2D eigenvalue weighted by Crippen LogP contribution is -2.37. The minimum absolute atomic E-state index is 0.214. The summed E-state index contributed by atoms with van der Waals surface area (Å²) in [5.74, 6) is -0.196. The average Bonchev–Trinajstić information content (AvgIpc) is 3.32. The Labute approximate surface area is 172 Å². The number of aromatic nitrogens is 3. The van der Waals surface area contributed by atoms with Gasteiger partial charge in [-0.3, -0.25) is 4.79 Å². The summed E-state index contributed by atoms with van der Waals surface area (Å²) in [5.41, 5.74) is 2.79. The number of carbonyl (C=O) groups excluding carboxylic acids is 2. The number of amides is 1. The van der Waals surface area contributed by atoms with Gasteiger partial charge in [-0.05, 0) is 38.1 Å². The molecule has 0 bridgehead atoms. The molecule has 9 heteroatoms. The number of aryl methyl sites for hydroxylation is 1. The van der Waals surface area contributed by atoms with E-state index in [4.69, 9.17) is 20.9 Å². The first-order valence-electron chi connectivity index (χ1n) is 9.24. The van der Waals surface area contributed by atoms with Crippen LogP contribution in [-0.4, -0.2) is 44.9 Å². The van der Waals surface area contributed by atoms with E-state index in [1.54, 1.807) is 41.6 Å². The maximum atomic E-state index is 12.8. The molecule has 4 rings (SSSR count). The van der Waals surface area contributed by atoms with Gasteiger partial charge in [0.05, 0.1) is 24.5 Å². The Hall–Kier alpha value is -3.13. The molecular weight excluding hydrogens is 396 g/mol. The van der Waals surface area contributed by atoms with Gasteiger partial charge in [-0.25, -0.2) is 9.48 Å². The molecule has 3 heterocycles. The molecule has 29 heavy (non-hydrogen) atoms. The van der Waals surface area contributed by atoms with Crippen molar-refractivity contribution < 1.29 is 18.8 Å². The second-order valence-electron chi connectivity index (χ2n) is 6.68. The summed E-state index contributed by atoms with van der Waals surface area (Å²) in [4.78, 5) is 26.9. The molecule has 0 unspecified atom stereocenters. The molecule has 2 aromatic heterocycles. The minimum Gasteiger partial charge on any atom is -0.461 e. The van der Waals surface area contributed by atoms with Crippen LogP contribution in [0.1, 0.15) is 44.9 Å². The van der Waals surface area contributed by atoms with Crippen LogP contribution in [-0.2, 0) is 17.7 Å². The van der Waals surface area contributed by atoms with Gasteiger partial charge in [0.1, 0.15) is 5.76 Å². The van der Waals surface area contributed by atoms with Crippen molar-refractivity contribution in [1.82, 2.24) is 19.8 Å². The fraction of sp³-hybridized carbons (Fsp3) is 0.300. The molecule has 150 valence electrons. The number of nitrogens with zero attached hydrogens (tertiary/aromatic N) is 4. The highest BCUT2D eigenvalue weighted by Gasteiger charge is 2.32. The molecule has 0 N–H and O–H groups in total. The van der Waals surface area contributed by atoms with Crippen molar-refractivity contribution in [3.8, 4) is 5.69 Å². The van der Waals surface area contributed by atoms with E-state index in [0.29, 0.717) is 29.3 Å². The van der Waals surface area contributed by atoms with E-state index < -0.39 is 5.97 Å². The SMILES string of the molecule is CCOC(=O)c1nn(-c2ccc(Cl)cc2)c2c1CN(C(=O)c1cc(C)on1)CC2. The Morgan fingerprint density at radius 3 is 2.69 bits per heavy atom. The van der Waals surface area contributed by atoms with Gasteiger partial charge in [0, 0.05) is 29.6 Å². The van der Waals surface area contributed by atoms with Gasteiger partial charge in [-0.15, -0.1) is 0 Å². The van der Waals surface area contributed by atoms with Crippen LogP contribution in [0.2, 0.25) is 5.02 Å². The van der Waals surface area contributed by atoms with E-state index in [-0.39, 0.29) is 30.4 Å². The summed E-state index contributed by atoms with van der Waals surface area (Å²) >= 11 is 5.99. The monoisotopic (exact) mass is 414 g/mol. The van der Waals surface area contributed by atoms with Crippen LogP contribution in [0.4, 0.5) is 0 Å². The fourth-order valence-corrected chi connectivity index (χ4v) is 3.51. The summed E-state index contributed by atoms with van der Waals surface area (Å²) in [7, 11) is 0. The summed E-state index contributed by atoms with van der Waals surface area (Å²) in [6, 6.07) is 8.79. The van der Waals surface area contributed by atoms with Crippen LogP contribution >= 0.6 is 11.6 Å². The van der Waals surface area contributed by atoms with Crippen LogP contribution in [0, 0.1) is 6.92 Å². The largest absolute Gasteiger partial charge is 0.461 e. The Balaban J connectivity index is 1.72. The van der Waals surface area contributed by atoms with Crippen molar-refractivity contribution in [2.75, 3.05) is 13.2 Å². The van der Waals surface area contributed by atoms with Gasteiger partial charge < -0.3 is 14.2 Å². The van der Waals surface area contributed by atoms with E-state index in [9.17, 15) is 9.59 Å². The molecule has 0 radical (unpaired) electrons. The van der Waals surface area contributed by atoms with Crippen LogP contribution in [0.25, 0.3) is 5.69 Å². The number of fused-ring (bicyclic) bond motifs is 1. The normalized spacial score (nSPS) is 13.3. The fourth-order valence-electron chi connectivity index (χ4n) is 3.38. The quantitative estimate of drug-likeness (QED) is 0.609. The number of benzene rings is 1. The maximum Gasteiger partial charge on any atom is 0.359 e. The van der Waals surface area contributed by atoms with E-state index in [2.05, 4.69) is 10.3 Å². The highest BCUT2D eigenvalue weighted by Crippen LogP contribution is 2.27. The zero-order valence-electron chi connectivity index (χ0n) is 16.0. The highest BCUT2D eigenvalue weighted by molar-refractivity contribution is 6.30. The summed E-state index contributed by atoms with van der Waals surface area (Å²) in [6.07, 6.45) is 0.535. The van der Waals surface area contributed by atoms with Crippen LogP contribution < -0.4 is 0 Å². The number of esters is 1. The molecule has 3 aromatic rings. The third-order valence-electron chi connectivity index (χ3n) is 4.73. The molecule has 0 aliphatic carbocycles. The lowest BCUT2D eigenvalue weighted by Gasteiger charge is -2.27. The predicted molar refractivity (Wildman–Crippen MR) is 104 cm³/mol. The summed E-state index contributed by atoms with van der Waals surface area (Å²) in [6.45, 7) is 4.42. The zero-order valence-corrected chi connectivity index (χ0v) is 16.8. The van der Waals surface area contributed by atoms with E-state index in [1.807, 2.05) is 12.1 Å². The predicted octanol–water partition coefficient (Wildman–Crippen LogP) is 3.20. The van der Waals surface area contributed by atoms with Gasteiger partial charge in [-0.1, -0.05) is 16.8 Å². The lowest BCUT2D eigenvalue weighted by molar-refractivity contribution is 0.0513. The number of halogens is 1. The topological polar surface area (TPSA) is 90.5 Å². The van der Waals surface area contributed by atoms with Gasteiger partial charge in [-0.2, -0.15) is 5.10 Å². The molecule has 0 saturated heterocycles. The maximum absolute atomic E-state index is 12.8. The Kier molecular flexibility index (Phi) is 5.10. The molecule has 1 aromatic carbocycles. The van der Waals surface area contributed by atoms with Gasteiger partial charge in [0.15, 0.2) is 11.4 Å². The molecule has 1 amide bonds. The number of carbonyl (C=O) groups is 2. The van der Waals surface area contributed by atoms with Gasteiger partial charge in [0.2, 0.25) is 0 Å². The molecule has 0 spiro atoms. The number of ether oxygens (including phenoxy) is 1. The highest BCUT2D eigenvalue weighted by atomic mass is 35.5. The van der Waals surface area contributed by atoms with Crippen molar-refractivity contribution in [2.24, 2.45) is 0 Å². The van der Waals surface area contributed by atoms with Crippen LogP contribution in [0.15, 0.2) is 34.9 Å². The van der Waals surface area contributed by atoms with Crippen molar-refractivity contribution >= 4 is 23.5 Å². The van der Waals surface area contributed by atoms with Crippen LogP contribution in [0.3, 0.4) is 0 Å². The zero-order chi connectivity index (χ0) is 20.5. The first-order chi connectivity index (χ1) is 14.0. The summed E-state index contributed by atoms with van der Waals surface area (Å²) in [5, 5.41) is 8.92. The van der Waals surface area contributed by atoms with Gasteiger partial charge in [0.25, 0.3) is 5.91 Å². The van der Waals surface area contributed by atoms with Crippen molar-refractivity contribution in [1.29, 1.82) is 0 Å². The molecule has 1 aliphatic heterocycles. The lowest BCUT2D eigenvalue weighted by atomic mass is 10.0. The second kappa shape index (κ2) is 7.71. The van der Waals surface area contributed by atoms with Crippen molar-refractivity contribution in [3.63, 3.8) is 0 Å². The number of hydrogen-bond acceptors (Lipinski definition) is 6. The molecular formula is C20H19ClN4O4. The average molecular weight is 415 g/mol. The Morgan fingerprint density at radius 1 is 1.28 bits per heavy atom. The van der Waals surface area contributed by atoms with E-state index >= 15 is 0 Å². The smallest absolute Gasteiger partial charge is 0.359 e. The number of rotatable bonds is 4. The molecule has 8 nitrogen and oxygen atoms in total. The van der Waals surface area contributed by atoms with Gasteiger partial charge >= 0.3 is 5.97 Å². The molecule has 0 saturated carbocycles. The first-order valence-corrected chi connectivity index (χ1v) is 9.62. The standard InChI is InChI=1S/C20H19ClN4O4/c1-3-28-20(27)18-15-11-24(19(26)16-10-12(2)29-23-16)9-8-17(15)25(22-18)14-6-4-13(21)5-7-14/h4-7,10H,3,8-9,11H2,1-2H3. The first kappa shape index (κ1) is 19.2. The van der Waals surface area contributed by atoms with E-state index in [1.165, 1.54) is 0 Å². The van der Waals surface area contributed by atoms with E-state index in [0.717, 1.165) is 11.4 Å². The van der Waals surface area contributed by atoms with Crippen molar-refractivity contribution in [3.05, 3.63) is 63.8 Å². The minimum atomic E-state index is -0.511. The Bertz CT molecular complexity index is 1070. The third kappa shape index (κ3) is 3.63. The molecule has 0 atom stereocenters.